The quantitative estimate of drug-likeness (QED) is 0.280. The third kappa shape index (κ3) is 4.86. The monoisotopic (exact) mass is 608 g/mol. The first kappa shape index (κ1) is 29.1. The number of methoxy groups -OCH3 is 1. The molecule has 0 unspecified atom stereocenters. The number of hydrogen-bond donors (Lipinski definition) is 0. The molecule has 7 rings (SSSR count). The number of piperidine rings is 1. The van der Waals surface area contributed by atoms with Crippen LogP contribution < -0.4 is 14.2 Å². The standard InChI is InChI=1S/C34H44N2O6S/c1-21(2)18-36(43(38,39)20-24-8-6-5-7-9-24)27-13-12-26-28-16-25-29(41-22(3)37)17-30(40-4)32-31(25)34(26,33(27)42-32)14-15-35(28)19-23-10-11-23/h5-9,17,21,23,26-28,33H,10-16,18-20H2,1-4H3/t26-,27+,28+,33-,34-/m0/s1. The Hall–Kier alpha value is -2.62. The van der Waals surface area contributed by atoms with E-state index < -0.39 is 10.0 Å². The molecule has 2 aliphatic heterocycles. The summed E-state index contributed by atoms with van der Waals surface area (Å²) in [5.74, 6) is 2.70. The van der Waals surface area contributed by atoms with Gasteiger partial charge < -0.3 is 14.2 Å². The van der Waals surface area contributed by atoms with E-state index in [4.69, 9.17) is 14.2 Å². The summed E-state index contributed by atoms with van der Waals surface area (Å²) in [6.07, 6.45) is 5.65. The summed E-state index contributed by atoms with van der Waals surface area (Å²) < 4.78 is 49.1. The largest absolute Gasteiger partial charge is 0.493 e. The van der Waals surface area contributed by atoms with Gasteiger partial charge in [0, 0.05) is 48.7 Å². The molecule has 0 aromatic heterocycles. The molecule has 2 aromatic carbocycles. The Morgan fingerprint density at radius 1 is 1.14 bits per heavy atom. The Kier molecular flexibility index (Phi) is 7.29. The molecule has 1 spiro atoms. The second-order valence-corrected chi connectivity index (χ2v) is 15.8. The predicted molar refractivity (Wildman–Crippen MR) is 164 cm³/mol. The molecule has 2 heterocycles. The van der Waals surface area contributed by atoms with Crippen LogP contribution in [0.4, 0.5) is 0 Å². The van der Waals surface area contributed by atoms with E-state index in [0.717, 1.165) is 61.4 Å². The van der Waals surface area contributed by atoms with E-state index in [2.05, 4.69) is 18.7 Å². The highest BCUT2D eigenvalue weighted by atomic mass is 32.2. The number of ether oxygens (including phenoxy) is 3. The molecule has 3 fully saturated rings. The van der Waals surface area contributed by atoms with Gasteiger partial charge in [-0.05, 0) is 68.4 Å². The molecular formula is C34H44N2O6S. The summed E-state index contributed by atoms with van der Waals surface area (Å²) in [5.41, 5.74) is 2.57. The summed E-state index contributed by atoms with van der Waals surface area (Å²) in [6, 6.07) is 11.3. The summed E-state index contributed by atoms with van der Waals surface area (Å²) >= 11 is 0. The summed E-state index contributed by atoms with van der Waals surface area (Å²) in [4.78, 5) is 15.0. The first-order chi connectivity index (χ1) is 20.6. The van der Waals surface area contributed by atoms with Crippen molar-refractivity contribution < 1.29 is 27.4 Å². The van der Waals surface area contributed by atoms with Crippen LogP contribution in [0.2, 0.25) is 0 Å². The Labute approximate surface area is 255 Å². The fourth-order valence-corrected chi connectivity index (χ4v) is 10.8. The van der Waals surface area contributed by atoms with E-state index >= 15 is 0 Å². The van der Waals surface area contributed by atoms with Gasteiger partial charge in [-0.1, -0.05) is 44.2 Å². The number of sulfonamides is 1. The number of hydrogen-bond acceptors (Lipinski definition) is 7. The maximum Gasteiger partial charge on any atom is 0.308 e. The maximum absolute atomic E-state index is 14.3. The first-order valence-corrected chi connectivity index (χ1v) is 17.6. The molecule has 9 heteroatoms. The van der Waals surface area contributed by atoms with Gasteiger partial charge in [-0.3, -0.25) is 9.69 Å². The zero-order chi connectivity index (χ0) is 30.1. The molecule has 5 atom stereocenters. The number of rotatable bonds is 10. The molecule has 0 amide bonds. The highest BCUT2D eigenvalue weighted by Crippen LogP contribution is 2.66. The van der Waals surface area contributed by atoms with Gasteiger partial charge in [0.1, 0.15) is 11.9 Å². The van der Waals surface area contributed by atoms with E-state index in [1.165, 1.54) is 19.8 Å². The summed E-state index contributed by atoms with van der Waals surface area (Å²) in [7, 11) is -2.03. The van der Waals surface area contributed by atoms with Crippen molar-refractivity contribution in [2.24, 2.45) is 17.8 Å². The number of benzene rings is 2. The van der Waals surface area contributed by atoms with Crippen LogP contribution in [0.25, 0.3) is 0 Å². The minimum Gasteiger partial charge on any atom is -0.493 e. The molecule has 8 nitrogen and oxygen atoms in total. The Bertz CT molecular complexity index is 1510. The van der Waals surface area contributed by atoms with E-state index in [1.54, 1.807) is 17.5 Å². The Morgan fingerprint density at radius 3 is 2.58 bits per heavy atom. The molecule has 2 bridgehead atoms. The lowest BCUT2D eigenvalue weighted by Crippen LogP contribution is -2.69. The van der Waals surface area contributed by atoms with Gasteiger partial charge >= 0.3 is 5.97 Å². The second kappa shape index (κ2) is 10.8. The molecule has 232 valence electrons. The third-order valence-electron chi connectivity index (χ3n) is 10.6. The molecule has 5 aliphatic rings. The van der Waals surface area contributed by atoms with Gasteiger partial charge in [0.25, 0.3) is 0 Å². The lowest BCUT2D eigenvalue weighted by atomic mass is 9.51. The van der Waals surface area contributed by atoms with Gasteiger partial charge in [-0.2, -0.15) is 4.31 Å². The van der Waals surface area contributed by atoms with Crippen LogP contribution in [0.3, 0.4) is 0 Å². The van der Waals surface area contributed by atoms with Crippen molar-refractivity contribution in [3.05, 3.63) is 53.1 Å². The van der Waals surface area contributed by atoms with Gasteiger partial charge in [-0.25, -0.2) is 8.42 Å². The predicted octanol–water partition coefficient (Wildman–Crippen LogP) is 4.93. The molecule has 0 radical (unpaired) electrons. The second-order valence-electron chi connectivity index (χ2n) is 13.8. The Balaban J connectivity index is 1.35. The number of carbonyl (C=O) groups excluding carboxylic acids is 1. The van der Waals surface area contributed by atoms with Gasteiger partial charge in [0.05, 0.1) is 18.9 Å². The van der Waals surface area contributed by atoms with E-state index in [-0.39, 0.29) is 35.2 Å². The van der Waals surface area contributed by atoms with Crippen molar-refractivity contribution in [3.63, 3.8) is 0 Å². The lowest BCUT2D eigenvalue weighted by Gasteiger charge is -2.60. The molecule has 3 aliphatic carbocycles. The molecule has 1 saturated heterocycles. The van der Waals surface area contributed by atoms with Crippen molar-refractivity contribution in [2.75, 3.05) is 26.7 Å². The van der Waals surface area contributed by atoms with Crippen molar-refractivity contribution in [1.29, 1.82) is 0 Å². The zero-order valence-corrected chi connectivity index (χ0v) is 26.6. The van der Waals surface area contributed by atoms with E-state index in [0.29, 0.717) is 35.8 Å². The number of likely N-dealkylation sites (tertiary alicyclic amines) is 1. The van der Waals surface area contributed by atoms with Crippen LogP contribution in [0.1, 0.15) is 69.6 Å². The van der Waals surface area contributed by atoms with Gasteiger partial charge in [0.2, 0.25) is 10.0 Å². The van der Waals surface area contributed by atoms with Gasteiger partial charge in [-0.15, -0.1) is 0 Å². The highest BCUT2D eigenvalue weighted by molar-refractivity contribution is 7.88. The van der Waals surface area contributed by atoms with Crippen LogP contribution >= 0.6 is 0 Å². The minimum atomic E-state index is -3.65. The normalized spacial score (nSPS) is 29.3. The molecule has 2 aromatic rings. The van der Waals surface area contributed by atoms with Crippen LogP contribution in [-0.4, -0.2) is 68.5 Å². The minimum absolute atomic E-state index is 0.0316. The zero-order valence-electron chi connectivity index (χ0n) is 25.8. The van der Waals surface area contributed by atoms with Crippen LogP contribution in [-0.2, 0) is 32.4 Å². The van der Waals surface area contributed by atoms with Crippen LogP contribution in [0.5, 0.6) is 17.2 Å². The smallest absolute Gasteiger partial charge is 0.308 e. The average molecular weight is 609 g/mol. The fourth-order valence-electron chi connectivity index (χ4n) is 8.87. The molecule has 2 saturated carbocycles. The van der Waals surface area contributed by atoms with Crippen molar-refractivity contribution >= 4 is 16.0 Å². The molecular weight excluding hydrogens is 564 g/mol. The maximum atomic E-state index is 14.3. The molecule has 43 heavy (non-hydrogen) atoms. The van der Waals surface area contributed by atoms with Crippen molar-refractivity contribution in [3.8, 4) is 17.2 Å². The van der Waals surface area contributed by atoms with Gasteiger partial charge in [0.15, 0.2) is 11.5 Å². The third-order valence-corrected chi connectivity index (χ3v) is 12.4. The average Bonchev–Trinajstić information content (AvgIpc) is 3.71. The van der Waals surface area contributed by atoms with Crippen LogP contribution in [0.15, 0.2) is 36.4 Å². The first-order valence-electron chi connectivity index (χ1n) is 16.0. The number of esters is 1. The van der Waals surface area contributed by atoms with Crippen molar-refractivity contribution in [1.82, 2.24) is 9.21 Å². The summed E-state index contributed by atoms with van der Waals surface area (Å²) in [6.45, 7) is 8.12. The lowest BCUT2D eigenvalue weighted by molar-refractivity contribution is -0.132. The fraction of sp³-hybridized carbons (Fsp3) is 0.618. The number of carbonyl (C=O) groups is 1. The Morgan fingerprint density at radius 2 is 1.91 bits per heavy atom. The number of nitrogens with zero attached hydrogens (tertiary/aromatic N) is 2. The van der Waals surface area contributed by atoms with E-state index in [9.17, 15) is 13.2 Å². The topological polar surface area (TPSA) is 85.4 Å². The summed E-state index contributed by atoms with van der Waals surface area (Å²) in [5, 5.41) is 0. The highest BCUT2D eigenvalue weighted by Gasteiger charge is 2.67. The molecule has 0 N–H and O–H groups in total. The van der Waals surface area contributed by atoms with Crippen LogP contribution in [0, 0.1) is 17.8 Å². The SMILES string of the molecule is COc1cc(OC(C)=O)c2c3c1O[C@H]1[C@H](N(CC(C)C)S(=O)(=O)Cc4ccccc4)CC[C@H]4[C@@H](C2)N(CC2CC2)CC[C@@]341. The van der Waals surface area contributed by atoms with Crippen molar-refractivity contribution in [2.45, 2.75) is 88.7 Å². The van der Waals surface area contributed by atoms with E-state index in [1.807, 2.05) is 30.3 Å².